The number of hydrogen-bond donors (Lipinski definition) is 1. The molecule has 2 aromatic heterocycles. The van der Waals surface area contributed by atoms with Gasteiger partial charge in [-0.15, -0.1) is 0 Å². The Morgan fingerprint density at radius 3 is 2.11 bits per heavy atom. The van der Waals surface area contributed by atoms with E-state index in [1.54, 1.807) is 6.07 Å². The highest BCUT2D eigenvalue weighted by atomic mass is 16.5. The molecule has 9 heteroatoms. The summed E-state index contributed by atoms with van der Waals surface area (Å²) in [5.41, 5.74) is 7.24. The minimum absolute atomic E-state index is 0.0769. The number of ether oxygens (including phenoxy) is 2. The van der Waals surface area contributed by atoms with Crippen LogP contribution in [0.5, 0.6) is 11.5 Å². The van der Waals surface area contributed by atoms with Crippen molar-refractivity contribution in [3.05, 3.63) is 52.9 Å². The molecule has 202 valence electrons. The highest BCUT2D eigenvalue weighted by molar-refractivity contribution is 6.05. The van der Waals surface area contributed by atoms with E-state index in [1.807, 2.05) is 36.4 Å². The first-order valence-electron chi connectivity index (χ1n) is 13.3. The highest BCUT2D eigenvalue weighted by Gasteiger charge is 2.16. The summed E-state index contributed by atoms with van der Waals surface area (Å²) in [5.74, 6) is 1.84. The topological polar surface area (TPSA) is 107 Å². The molecule has 2 N–H and O–H groups in total. The van der Waals surface area contributed by atoms with Crippen molar-refractivity contribution >= 4 is 27.7 Å². The van der Waals surface area contributed by atoms with Crippen LogP contribution in [0.1, 0.15) is 27.7 Å². The van der Waals surface area contributed by atoms with Crippen LogP contribution in [0.3, 0.4) is 0 Å². The van der Waals surface area contributed by atoms with E-state index in [9.17, 15) is 4.79 Å². The summed E-state index contributed by atoms with van der Waals surface area (Å²) >= 11 is 0. The molecule has 38 heavy (non-hydrogen) atoms. The highest BCUT2D eigenvalue weighted by Crippen LogP contribution is 2.30. The van der Waals surface area contributed by atoms with Crippen molar-refractivity contribution in [2.45, 2.75) is 27.7 Å². The van der Waals surface area contributed by atoms with Crippen LogP contribution in [0.4, 0.5) is 5.82 Å². The normalized spacial score (nSPS) is 11.6. The standard InChI is InChI=1S/C29H37N5O4/c1-5-33(6-2)14-16-36-21-11-9-10-20(18-21)28-31-26-23-13-12-22(37-17-15-34(7-3)8-4)19-24(23)38-29(35)25(26)27(30)32-28/h9-13,18-19H,5-8,14-17H2,1-4H3,(H2,30,31,32). The number of hydrogen-bond acceptors (Lipinski definition) is 9. The number of likely N-dealkylation sites (N-methyl/N-ethyl adjacent to an activating group) is 2. The fourth-order valence-electron chi connectivity index (χ4n) is 4.42. The van der Waals surface area contributed by atoms with Crippen LogP contribution in [0.15, 0.2) is 51.7 Å². The smallest absolute Gasteiger partial charge is 0.349 e. The van der Waals surface area contributed by atoms with Gasteiger partial charge in [-0.25, -0.2) is 14.8 Å². The monoisotopic (exact) mass is 519 g/mol. The van der Waals surface area contributed by atoms with Crippen molar-refractivity contribution in [1.29, 1.82) is 0 Å². The molecule has 0 aliphatic rings. The van der Waals surface area contributed by atoms with Gasteiger partial charge in [0, 0.05) is 30.1 Å². The minimum Gasteiger partial charge on any atom is -0.492 e. The zero-order valence-electron chi connectivity index (χ0n) is 22.7. The maximum atomic E-state index is 12.8. The largest absolute Gasteiger partial charge is 0.492 e. The van der Waals surface area contributed by atoms with Crippen molar-refractivity contribution in [2.75, 3.05) is 58.2 Å². The van der Waals surface area contributed by atoms with Gasteiger partial charge < -0.3 is 29.4 Å². The Labute approximate surface area is 223 Å². The zero-order valence-corrected chi connectivity index (χ0v) is 22.7. The van der Waals surface area contributed by atoms with Crippen molar-refractivity contribution in [2.24, 2.45) is 0 Å². The number of fused-ring (bicyclic) bond motifs is 3. The minimum atomic E-state index is -0.578. The van der Waals surface area contributed by atoms with Gasteiger partial charge in [0.1, 0.15) is 41.5 Å². The lowest BCUT2D eigenvalue weighted by Crippen LogP contribution is -2.27. The zero-order chi connectivity index (χ0) is 27.1. The fourth-order valence-corrected chi connectivity index (χ4v) is 4.42. The molecular formula is C29H37N5O4. The van der Waals surface area contributed by atoms with Gasteiger partial charge in [-0.1, -0.05) is 39.8 Å². The quantitative estimate of drug-likeness (QED) is 0.203. The second-order valence-electron chi connectivity index (χ2n) is 8.98. The average molecular weight is 520 g/mol. The van der Waals surface area contributed by atoms with Crippen molar-refractivity contribution in [3.63, 3.8) is 0 Å². The molecule has 0 saturated carbocycles. The number of aromatic nitrogens is 2. The molecule has 0 saturated heterocycles. The van der Waals surface area contributed by atoms with Gasteiger partial charge in [0.25, 0.3) is 0 Å². The number of anilines is 1. The summed E-state index contributed by atoms with van der Waals surface area (Å²) in [6.45, 7) is 15.2. The molecule has 4 rings (SSSR count). The molecular weight excluding hydrogens is 482 g/mol. The van der Waals surface area contributed by atoms with Crippen LogP contribution in [-0.2, 0) is 0 Å². The Kier molecular flexibility index (Phi) is 9.15. The third-order valence-corrected chi connectivity index (χ3v) is 6.79. The average Bonchev–Trinajstić information content (AvgIpc) is 2.93. The lowest BCUT2D eigenvalue weighted by atomic mass is 10.1. The van der Waals surface area contributed by atoms with E-state index in [4.69, 9.17) is 24.6 Å². The number of nitrogens with two attached hydrogens (primary N) is 1. The summed E-state index contributed by atoms with van der Waals surface area (Å²) in [5, 5.41) is 0.834. The number of nitrogens with zero attached hydrogens (tertiary/aromatic N) is 4. The lowest BCUT2D eigenvalue weighted by molar-refractivity contribution is 0.223. The van der Waals surface area contributed by atoms with Crippen LogP contribution in [-0.4, -0.2) is 72.3 Å². The fraction of sp³-hybridized carbons (Fsp3) is 0.414. The van der Waals surface area contributed by atoms with E-state index in [-0.39, 0.29) is 11.2 Å². The number of nitrogen functional groups attached to an aromatic ring is 1. The van der Waals surface area contributed by atoms with Crippen LogP contribution < -0.4 is 20.8 Å². The summed E-state index contributed by atoms with van der Waals surface area (Å²) in [4.78, 5) is 26.6. The summed E-state index contributed by atoms with van der Waals surface area (Å²) in [6, 6.07) is 13.0. The molecule has 0 radical (unpaired) electrons. The molecule has 0 spiro atoms. The molecule has 0 bridgehead atoms. The SMILES string of the molecule is CCN(CC)CCOc1cccc(-c2nc(N)c3c(=O)oc4cc(OCCN(CC)CC)ccc4c3n2)c1. The van der Waals surface area contributed by atoms with Gasteiger partial charge in [0.05, 0.1) is 5.52 Å². The molecule has 0 fully saturated rings. The lowest BCUT2D eigenvalue weighted by Gasteiger charge is -2.18. The van der Waals surface area contributed by atoms with Crippen molar-refractivity contribution in [1.82, 2.24) is 19.8 Å². The first kappa shape index (κ1) is 27.3. The predicted octanol–water partition coefficient (Wildman–Crippen LogP) is 4.43. The molecule has 9 nitrogen and oxygen atoms in total. The summed E-state index contributed by atoms with van der Waals surface area (Å²) < 4.78 is 17.5. The van der Waals surface area contributed by atoms with Gasteiger partial charge in [-0.05, 0) is 50.4 Å². The molecule has 2 aromatic carbocycles. The van der Waals surface area contributed by atoms with E-state index in [1.165, 1.54) is 0 Å². The third-order valence-electron chi connectivity index (χ3n) is 6.79. The van der Waals surface area contributed by atoms with Gasteiger partial charge in [-0.2, -0.15) is 0 Å². The van der Waals surface area contributed by atoms with Crippen molar-refractivity contribution in [3.8, 4) is 22.9 Å². The maximum absolute atomic E-state index is 12.8. The second-order valence-corrected chi connectivity index (χ2v) is 8.98. The molecule has 0 aliphatic heterocycles. The van der Waals surface area contributed by atoms with E-state index >= 15 is 0 Å². The van der Waals surface area contributed by atoms with Crippen LogP contribution in [0.2, 0.25) is 0 Å². The van der Waals surface area contributed by atoms with Crippen LogP contribution in [0, 0.1) is 0 Å². The molecule has 0 aliphatic carbocycles. The van der Waals surface area contributed by atoms with Crippen molar-refractivity contribution < 1.29 is 13.9 Å². The Morgan fingerprint density at radius 2 is 1.47 bits per heavy atom. The third kappa shape index (κ3) is 6.23. The number of benzene rings is 2. The molecule has 4 aromatic rings. The maximum Gasteiger partial charge on any atom is 0.349 e. The number of rotatable bonds is 13. The van der Waals surface area contributed by atoms with Gasteiger partial charge in [-0.3, -0.25) is 0 Å². The Morgan fingerprint density at radius 1 is 0.842 bits per heavy atom. The van der Waals surface area contributed by atoms with E-state index in [0.29, 0.717) is 41.3 Å². The molecule has 0 unspecified atom stereocenters. The van der Waals surface area contributed by atoms with E-state index in [0.717, 1.165) is 50.6 Å². The molecule has 0 atom stereocenters. The van der Waals surface area contributed by atoms with Crippen LogP contribution in [0.25, 0.3) is 33.3 Å². The van der Waals surface area contributed by atoms with E-state index < -0.39 is 5.63 Å². The first-order chi connectivity index (χ1) is 18.5. The Balaban J connectivity index is 1.63. The summed E-state index contributed by atoms with van der Waals surface area (Å²) in [6.07, 6.45) is 0. The first-order valence-corrected chi connectivity index (χ1v) is 13.3. The second kappa shape index (κ2) is 12.7. The van der Waals surface area contributed by atoms with Gasteiger partial charge in [0.2, 0.25) is 0 Å². The Hall–Kier alpha value is -3.69. The predicted molar refractivity (Wildman–Crippen MR) is 152 cm³/mol. The van der Waals surface area contributed by atoms with Gasteiger partial charge >= 0.3 is 5.63 Å². The van der Waals surface area contributed by atoms with E-state index in [2.05, 4.69) is 42.5 Å². The molecule has 0 amide bonds. The summed E-state index contributed by atoms with van der Waals surface area (Å²) in [7, 11) is 0. The molecule has 2 heterocycles. The van der Waals surface area contributed by atoms with Crippen LogP contribution >= 0.6 is 0 Å². The van der Waals surface area contributed by atoms with Gasteiger partial charge in [0.15, 0.2) is 5.82 Å². The Bertz CT molecular complexity index is 1430.